The Kier molecular flexibility index (Phi) is 10.7. The van der Waals surface area contributed by atoms with E-state index in [0.717, 1.165) is 11.8 Å². The third kappa shape index (κ3) is 9.44. The summed E-state index contributed by atoms with van der Waals surface area (Å²) in [5.74, 6) is 1.78. The zero-order valence-corrected chi connectivity index (χ0v) is 12.9. The number of hydrogen-bond donors (Lipinski definition) is 0. The van der Waals surface area contributed by atoms with Crippen LogP contribution in [-0.2, 0) is 0 Å². The smallest absolute Gasteiger partial charge is 0.0295 e. The van der Waals surface area contributed by atoms with Crippen molar-refractivity contribution in [2.75, 3.05) is 0 Å². The van der Waals surface area contributed by atoms with Crippen molar-refractivity contribution in [3.05, 3.63) is 11.6 Å². The van der Waals surface area contributed by atoms with Crippen LogP contribution in [0.3, 0.4) is 0 Å². The molecule has 0 heteroatoms. The molecular formula is C17H34. The lowest BCUT2D eigenvalue weighted by Gasteiger charge is -2.11. The van der Waals surface area contributed by atoms with Gasteiger partial charge in [-0.1, -0.05) is 72.0 Å². The summed E-state index contributed by atoms with van der Waals surface area (Å²) in [6, 6.07) is 0. The van der Waals surface area contributed by atoms with E-state index in [9.17, 15) is 0 Å². The Morgan fingerprint density at radius 3 is 2.12 bits per heavy atom. The number of allylic oxidation sites excluding steroid dienone is 2. The van der Waals surface area contributed by atoms with Crippen LogP contribution in [0.25, 0.3) is 0 Å². The highest BCUT2D eigenvalue weighted by Crippen LogP contribution is 2.19. The van der Waals surface area contributed by atoms with Crippen LogP contribution >= 0.6 is 0 Å². The molecule has 0 aromatic heterocycles. The van der Waals surface area contributed by atoms with Gasteiger partial charge in [0.25, 0.3) is 0 Å². The Balaban J connectivity index is 3.72. The van der Waals surface area contributed by atoms with E-state index in [4.69, 9.17) is 0 Å². The minimum absolute atomic E-state index is 0.862. The minimum atomic E-state index is 0.862. The summed E-state index contributed by atoms with van der Waals surface area (Å²) in [5, 5.41) is 0. The van der Waals surface area contributed by atoms with Gasteiger partial charge >= 0.3 is 0 Å². The Labute approximate surface area is 110 Å². The van der Waals surface area contributed by atoms with Crippen LogP contribution in [0.5, 0.6) is 0 Å². The highest BCUT2D eigenvalue weighted by atomic mass is 14.1. The van der Waals surface area contributed by atoms with Crippen LogP contribution in [0.1, 0.15) is 86.0 Å². The van der Waals surface area contributed by atoms with Crippen LogP contribution in [0.15, 0.2) is 11.6 Å². The summed E-state index contributed by atoms with van der Waals surface area (Å²) in [6.45, 7) is 11.6. The molecule has 0 fully saturated rings. The van der Waals surface area contributed by atoms with E-state index in [1.807, 2.05) is 0 Å². The maximum Gasteiger partial charge on any atom is -0.0295 e. The van der Waals surface area contributed by atoms with Crippen LogP contribution in [-0.4, -0.2) is 0 Å². The lowest BCUT2D eigenvalue weighted by Crippen LogP contribution is -1.95. The molecular weight excluding hydrogens is 204 g/mol. The number of rotatable bonds is 10. The van der Waals surface area contributed by atoms with Crippen molar-refractivity contribution < 1.29 is 0 Å². The highest BCUT2D eigenvalue weighted by molar-refractivity contribution is 5.01. The zero-order chi connectivity index (χ0) is 13.1. The van der Waals surface area contributed by atoms with Crippen molar-refractivity contribution in [2.45, 2.75) is 86.0 Å². The van der Waals surface area contributed by atoms with Gasteiger partial charge in [0, 0.05) is 0 Å². The largest absolute Gasteiger partial charge is 0.0853 e. The van der Waals surface area contributed by atoms with Gasteiger partial charge in [0.05, 0.1) is 0 Å². The molecule has 2 unspecified atom stereocenters. The first kappa shape index (κ1) is 16.7. The number of unbranched alkanes of at least 4 members (excludes halogenated alkanes) is 2. The summed E-state index contributed by atoms with van der Waals surface area (Å²) in [6.07, 6.45) is 13.2. The lowest BCUT2D eigenvalue weighted by molar-refractivity contribution is 0.485. The van der Waals surface area contributed by atoms with E-state index in [1.54, 1.807) is 5.57 Å². The van der Waals surface area contributed by atoms with E-state index >= 15 is 0 Å². The van der Waals surface area contributed by atoms with Crippen LogP contribution in [0, 0.1) is 11.8 Å². The van der Waals surface area contributed by atoms with Gasteiger partial charge in [0.1, 0.15) is 0 Å². The van der Waals surface area contributed by atoms with Gasteiger partial charge in [0.2, 0.25) is 0 Å². The Hall–Kier alpha value is -0.260. The summed E-state index contributed by atoms with van der Waals surface area (Å²) in [4.78, 5) is 0. The molecule has 2 atom stereocenters. The zero-order valence-electron chi connectivity index (χ0n) is 12.9. The molecule has 0 saturated heterocycles. The molecule has 0 N–H and O–H groups in total. The van der Waals surface area contributed by atoms with Gasteiger partial charge in [-0.25, -0.2) is 0 Å². The van der Waals surface area contributed by atoms with Crippen LogP contribution in [0.4, 0.5) is 0 Å². The Bertz CT molecular complexity index is 190. The molecule has 0 aliphatic heterocycles. The Morgan fingerprint density at radius 1 is 0.941 bits per heavy atom. The fraction of sp³-hybridized carbons (Fsp3) is 0.882. The molecule has 0 heterocycles. The molecule has 17 heavy (non-hydrogen) atoms. The second-order valence-corrected chi connectivity index (χ2v) is 5.73. The van der Waals surface area contributed by atoms with E-state index in [2.05, 4.69) is 40.7 Å². The molecule has 0 amide bonds. The topological polar surface area (TPSA) is 0 Å². The van der Waals surface area contributed by atoms with Crippen molar-refractivity contribution in [2.24, 2.45) is 11.8 Å². The SMILES string of the molecule is CCC(=CCCCCC(C)CC)CC(C)CC. The quantitative estimate of drug-likeness (QED) is 0.306. The van der Waals surface area contributed by atoms with E-state index < -0.39 is 0 Å². The van der Waals surface area contributed by atoms with Gasteiger partial charge in [-0.05, 0) is 37.5 Å². The van der Waals surface area contributed by atoms with Crippen LogP contribution in [0.2, 0.25) is 0 Å². The van der Waals surface area contributed by atoms with Crippen molar-refractivity contribution in [3.8, 4) is 0 Å². The predicted octanol–water partition coefficient (Wildman–Crippen LogP) is 6.37. The van der Waals surface area contributed by atoms with Gasteiger partial charge < -0.3 is 0 Å². The normalized spacial score (nSPS) is 15.9. The molecule has 0 aromatic rings. The monoisotopic (exact) mass is 238 g/mol. The maximum absolute atomic E-state index is 2.52. The summed E-state index contributed by atoms with van der Waals surface area (Å²) in [7, 11) is 0. The molecule has 0 bridgehead atoms. The van der Waals surface area contributed by atoms with Crippen molar-refractivity contribution in [3.63, 3.8) is 0 Å². The van der Waals surface area contributed by atoms with Crippen molar-refractivity contribution in [1.29, 1.82) is 0 Å². The molecule has 0 aromatic carbocycles. The van der Waals surface area contributed by atoms with Gasteiger partial charge in [-0.2, -0.15) is 0 Å². The summed E-state index contributed by atoms with van der Waals surface area (Å²) < 4.78 is 0. The standard InChI is InChI=1S/C17H34/c1-6-15(4)12-10-9-11-13-17(8-3)14-16(5)7-2/h13,15-16H,6-12,14H2,1-5H3. The molecule has 0 spiro atoms. The second-order valence-electron chi connectivity index (χ2n) is 5.73. The Morgan fingerprint density at radius 2 is 1.59 bits per heavy atom. The molecule has 0 rings (SSSR count). The average Bonchev–Trinajstić information content (AvgIpc) is 2.36. The predicted molar refractivity (Wildman–Crippen MR) is 80.4 cm³/mol. The van der Waals surface area contributed by atoms with Gasteiger partial charge in [-0.15, -0.1) is 0 Å². The molecule has 0 radical (unpaired) electrons. The fourth-order valence-corrected chi connectivity index (χ4v) is 2.11. The highest BCUT2D eigenvalue weighted by Gasteiger charge is 2.02. The average molecular weight is 238 g/mol. The minimum Gasteiger partial charge on any atom is -0.0853 e. The molecule has 0 aliphatic rings. The van der Waals surface area contributed by atoms with Gasteiger partial charge in [0.15, 0.2) is 0 Å². The van der Waals surface area contributed by atoms with E-state index in [1.165, 1.54) is 51.4 Å². The lowest BCUT2D eigenvalue weighted by atomic mass is 9.95. The van der Waals surface area contributed by atoms with Gasteiger partial charge in [-0.3, -0.25) is 0 Å². The first-order chi connectivity index (χ1) is 8.13. The third-order valence-electron chi connectivity index (χ3n) is 4.04. The maximum atomic E-state index is 2.52. The summed E-state index contributed by atoms with van der Waals surface area (Å²) in [5.41, 5.74) is 1.68. The van der Waals surface area contributed by atoms with E-state index in [0.29, 0.717) is 0 Å². The van der Waals surface area contributed by atoms with Crippen LogP contribution < -0.4 is 0 Å². The first-order valence-corrected chi connectivity index (χ1v) is 7.81. The van der Waals surface area contributed by atoms with Crippen molar-refractivity contribution in [1.82, 2.24) is 0 Å². The molecule has 102 valence electrons. The molecule has 0 saturated carbocycles. The first-order valence-electron chi connectivity index (χ1n) is 7.81. The molecule has 0 nitrogen and oxygen atoms in total. The second kappa shape index (κ2) is 10.9. The summed E-state index contributed by atoms with van der Waals surface area (Å²) >= 11 is 0. The van der Waals surface area contributed by atoms with E-state index in [-0.39, 0.29) is 0 Å². The fourth-order valence-electron chi connectivity index (χ4n) is 2.11. The number of hydrogen-bond acceptors (Lipinski definition) is 0. The molecule has 0 aliphatic carbocycles. The van der Waals surface area contributed by atoms with Crippen molar-refractivity contribution >= 4 is 0 Å². The third-order valence-corrected chi connectivity index (χ3v) is 4.04.